The Morgan fingerprint density at radius 1 is 1.00 bits per heavy atom. The molecular formula is C20H19Cl2N5O2. The Bertz CT molecular complexity index is 1050. The Hall–Kier alpha value is -2.77. The summed E-state index contributed by atoms with van der Waals surface area (Å²) in [7, 11) is 0. The number of hydrogen-bond acceptors (Lipinski definition) is 3. The van der Waals surface area contributed by atoms with Crippen molar-refractivity contribution in [3.05, 3.63) is 74.9 Å². The van der Waals surface area contributed by atoms with Gasteiger partial charge in [0, 0.05) is 34.7 Å². The zero-order valence-corrected chi connectivity index (χ0v) is 17.0. The Labute approximate surface area is 177 Å². The highest BCUT2D eigenvalue weighted by molar-refractivity contribution is 6.30. The van der Waals surface area contributed by atoms with Crippen molar-refractivity contribution in [2.45, 2.75) is 18.8 Å². The highest BCUT2D eigenvalue weighted by atomic mass is 35.5. The van der Waals surface area contributed by atoms with Gasteiger partial charge in [0.05, 0.1) is 5.69 Å². The molecule has 2 amide bonds. The Morgan fingerprint density at radius 3 is 2.21 bits per heavy atom. The monoisotopic (exact) mass is 431 g/mol. The van der Waals surface area contributed by atoms with Crippen LogP contribution in [0, 0.1) is 0 Å². The minimum absolute atomic E-state index is 0.0934. The lowest BCUT2D eigenvalue weighted by molar-refractivity contribution is 0.193. The van der Waals surface area contributed by atoms with Crippen LogP contribution in [0.3, 0.4) is 0 Å². The van der Waals surface area contributed by atoms with Crippen LogP contribution in [0.2, 0.25) is 10.0 Å². The van der Waals surface area contributed by atoms with Gasteiger partial charge < -0.3 is 10.2 Å². The summed E-state index contributed by atoms with van der Waals surface area (Å²) in [5.41, 5.74) is 1.07. The third kappa shape index (κ3) is 4.46. The number of carbonyl (C=O) groups is 1. The molecule has 1 aromatic heterocycles. The number of urea groups is 1. The maximum atomic E-state index is 12.5. The van der Waals surface area contributed by atoms with Gasteiger partial charge in [-0.25, -0.2) is 9.59 Å². The fourth-order valence-electron chi connectivity index (χ4n) is 3.37. The first kappa shape index (κ1) is 19.5. The van der Waals surface area contributed by atoms with Crippen LogP contribution in [-0.2, 0) is 0 Å². The second-order valence-electron chi connectivity index (χ2n) is 6.90. The van der Waals surface area contributed by atoms with E-state index in [0.717, 1.165) is 12.8 Å². The van der Waals surface area contributed by atoms with Crippen molar-refractivity contribution in [1.29, 1.82) is 0 Å². The van der Waals surface area contributed by atoms with E-state index in [-0.39, 0.29) is 17.6 Å². The number of H-pyrrole nitrogens is 1. The molecule has 0 aliphatic carbocycles. The predicted octanol–water partition coefficient (Wildman–Crippen LogP) is 4.28. The van der Waals surface area contributed by atoms with Crippen molar-refractivity contribution in [1.82, 2.24) is 19.7 Å². The van der Waals surface area contributed by atoms with E-state index in [1.807, 2.05) is 0 Å². The fraction of sp³-hybridized carbons (Fsp3) is 0.250. The van der Waals surface area contributed by atoms with Gasteiger partial charge in [0.15, 0.2) is 0 Å². The molecular weight excluding hydrogens is 413 g/mol. The first-order chi connectivity index (χ1) is 14.0. The minimum atomic E-state index is -0.287. The lowest BCUT2D eigenvalue weighted by atomic mass is 9.96. The van der Waals surface area contributed by atoms with Crippen LogP contribution >= 0.6 is 23.2 Å². The van der Waals surface area contributed by atoms with E-state index in [9.17, 15) is 9.59 Å². The van der Waals surface area contributed by atoms with E-state index in [1.54, 1.807) is 53.4 Å². The molecule has 3 aromatic rings. The zero-order valence-electron chi connectivity index (χ0n) is 15.4. The molecule has 150 valence electrons. The highest BCUT2D eigenvalue weighted by Gasteiger charge is 2.26. The molecule has 2 heterocycles. The standard InChI is InChI=1S/C20H19Cl2N5O2/c21-14-1-5-16(6-2-14)23-19(28)26-11-9-13(10-12-26)18-24-20(29)27(25-18)17-7-3-15(22)4-8-17/h1-8,13H,9-12H2,(H,23,28)(H,24,25,29). The molecule has 1 aliphatic rings. The molecule has 0 spiro atoms. The molecule has 1 fully saturated rings. The molecule has 7 nitrogen and oxygen atoms in total. The van der Waals surface area contributed by atoms with Crippen molar-refractivity contribution in [2.75, 3.05) is 18.4 Å². The topological polar surface area (TPSA) is 83.0 Å². The van der Waals surface area contributed by atoms with Crippen molar-refractivity contribution in [3.8, 4) is 5.69 Å². The first-order valence-electron chi connectivity index (χ1n) is 9.26. The van der Waals surface area contributed by atoms with Crippen LogP contribution in [-0.4, -0.2) is 38.8 Å². The maximum Gasteiger partial charge on any atom is 0.348 e. The predicted molar refractivity (Wildman–Crippen MR) is 113 cm³/mol. The number of benzene rings is 2. The quantitative estimate of drug-likeness (QED) is 0.648. The summed E-state index contributed by atoms with van der Waals surface area (Å²) in [6.45, 7) is 1.17. The second kappa shape index (κ2) is 8.31. The number of anilines is 1. The van der Waals surface area contributed by atoms with E-state index in [0.29, 0.717) is 40.3 Å². The normalized spacial score (nSPS) is 14.8. The van der Waals surface area contributed by atoms with Crippen LogP contribution in [0.1, 0.15) is 24.6 Å². The summed E-state index contributed by atoms with van der Waals surface area (Å²) in [6, 6.07) is 13.8. The molecule has 0 unspecified atom stereocenters. The molecule has 29 heavy (non-hydrogen) atoms. The third-order valence-electron chi connectivity index (χ3n) is 4.97. The van der Waals surface area contributed by atoms with E-state index >= 15 is 0 Å². The van der Waals surface area contributed by atoms with Crippen molar-refractivity contribution in [3.63, 3.8) is 0 Å². The SMILES string of the molecule is O=C(Nc1ccc(Cl)cc1)N1CCC(c2nn(-c3ccc(Cl)cc3)c(=O)[nH]2)CC1. The van der Waals surface area contributed by atoms with E-state index in [4.69, 9.17) is 23.2 Å². The van der Waals surface area contributed by atoms with Gasteiger partial charge in [-0.05, 0) is 61.4 Å². The number of aromatic nitrogens is 3. The van der Waals surface area contributed by atoms with E-state index < -0.39 is 0 Å². The Balaban J connectivity index is 1.39. The van der Waals surface area contributed by atoms with Crippen LogP contribution in [0.5, 0.6) is 0 Å². The molecule has 1 aliphatic heterocycles. The third-order valence-corrected chi connectivity index (χ3v) is 5.47. The minimum Gasteiger partial charge on any atom is -0.324 e. The number of amides is 2. The summed E-state index contributed by atoms with van der Waals surface area (Å²) < 4.78 is 1.34. The lowest BCUT2D eigenvalue weighted by Crippen LogP contribution is -2.40. The van der Waals surface area contributed by atoms with Gasteiger partial charge in [-0.1, -0.05) is 23.2 Å². The molecule has 1 saturated heterocycles. The molecule has 2 N–H and O–H groups in total. The van der Waals surface area contributed by atoms with Crippen LogP contribution in [0.4, 0.5) is 10.5 Å². The van der Waals surface area contributed by atoms with Crippen molar-refractivity contribution >= 4 is 34.9 Å². The molecule has 0 radical (unpaired) electrons. The molecule has 0 saturated carbocycles. The number of rotatable bonds is 3. The van der Waals surface area contributed by atoms with E-state index in [2.05, 4.69) is 15.4 Å². The lowest BCUT2D eigenvalue weighted by Gasteiger charge is -2.31. The number of hydrogen-bond donors (Lipinski definition) is 2. The summed E-state index contributed by atoms with van der Waals surface area (Å²) in [5, 5.41) is 8.55. The first-order valence-corrected chi connectivity index (χ1v) is 10.0. The Kier molecular flexibility index (Phi) is 5.60. The number of halogens is 2. The summed E-state index contributed by atoms with van der Waals surface area (Å²) >= 11 is 11.8. The zero-order chi connectivity index (χ0) is 20.4. The van der Waals surface area contributed by atoms with Gasteiger partial charge in [0.1, 0.15) is 5.82 Å². The summed E-state index contributed by atoms with van der Waals surface area (Å²) in [6.07, 6.45) is 1.45. The van der Waals surface area contributed by atoms with Crippen molar-refractivity contribution in [2.24, 2.45) is 0 Å². The number of piperidine rings is 1. The number of carbonyl (C=O) groups excluding carboxylic acids is 1. The average molecular weight is 432 g/mol. The van der Waals surface area contributed by atoms with Gasteiger partial charge in [-0.15, -0.1) is 5.10 Å². The molecule has 2 aromatic carbocycles. The summed E-state index contributed by atoms with van der Waals surface area (Å²) in [5.74, 6) is 0.735. The largest absolute Gasteiger partial charge is 0.348 e. The van der Waals surface area contributed by atoms with Crippen LogP contribution < -0.4 is 11.0 Å². The maximum absolute atomic E-state index is 12.5. The molecule has 4 rings (SSSR count). The van der Waals surface area contributed by atoms with Gasteiger partial charge in [-0.3, -0.25) is 4.98 Å². The van der Waals surface area contributed by atoms with Gasteiger partial charge in [-0.2, -0.15) is 4.68 Å². The number of nitrogens with zero attached hydrogens (tertiary/aromatic N) is 3. The van der Waals surface area contributed by atoms with Crippen molar-refractivity contribution < 1.29 is 4.79 Å². The van der Waals surface area contributed by atoms with Crippen LogP contribution in [0.25, 0.3) is 5.69 Å². The highest BCUT2D eigenvalue weighted by Crippen LogP contribution is 2.26. The van der Waals surface area contributed by atoms with Gasteiger partial charge in [0.25, 0.3) is 0 Å². The van der Waals surface area contributed by atoms with Gasteiger partial charge >= 0.3 is 11.7 Å². The molecule has 0 atom stereocenters. The summed E-state index contributed by atoms with van der Waals surface area (Å²) in [4.78, 5) is 29.4. The smallest absolute Gasteiger partial charge is 0.324 e. The Morgan fingerprint density at radius 2 is 1.59 bits per heavy atom. The van der Waals surface area contributed by atoms with Crippen LogP contribution in [0.15, 0.2) is 53.3 Å². The molecule has 0 bridgehead atoms. The number of aromatic amines is 1. The van der Waals surface area contributed by atoms with Gasteiger partial charge in [0.2, 0.25) is 0 Å². The number of likely N-dealkylation sites (tertiary alicyclic amines) is 1. The number of nitrogens with one attached hydrogen (secondary N) is 2. The second-order valence-corrected chi connectivity index (χ2v) is 7.77. The van der Waals surface area contributed by atoms with E-state index in [1.165, 1.54) is 4.68 Å². The average Bonchev–Trinajstić information content (AvgIpc) is 3.12. The molecule has 9 heteroatoms. The fourth-order valence-corrected chi connectivity index (χ4v) is 3.63.